The lowest BCUT2D eigenvalue weighted by Crippen LogP contribution is -2.11. The first kappa shape index (κ1) is 13.1. The Balaban J connectivity index is 3.39. The van der Waals surface area contributed by atoms with Crippen LogP contribution in [0.3, 0.4) is 0 Å². The molecule has 0 aromatic carbocycles. The van der Waals surface area contributed by atoms with Gasteiger partial charge in [-0.1, -0.05) is 19.9 Å². The molecule has 0 aliphatic carbocycles. The van der Waals surface area contributed by atoms with Gasteiger partial charge in [-0.25, -0.2) is 4.79 Å². The van der Waals surface area contributed by atoms with E-state index in [1.807, 2.05) is 13.8 Å². The summed E-state index contributed by atoms with van der Waals surface area (Å²) in [7, 11) is 0. The van der Waals surface area contributed by atoms with Crippen LogP contribution in [0, 0.1) is 0 Å². The molecule has 0 radical (unpaired) electrons. The summed E-state index contributed by atoms with van der Waals surface area (Å²) in [5.74, 6) is -0.497. The Morgan fingerprint density at radius 3 is 2.57 bits per heavy atom. The molecule has 0 rings (SSSR count). The highest BCUT2D eigenvalue weighted by atomic mass is 17.2. The van der Waals surface area contributed by atoms with Crippen molar-refractivity contribution in [2.75, 3.05) is 19.8 Å². The van der Waals surface area contributed by atoms with Crippen molar-refractivity contribution < 1.29 is 19.3 Å². The van der Waals surface area contributed by atoms with E-state index in [4.69, 9.17) is 4.74 Å². The largest absolute Gasteiger partial charge is 0.379 e. The van der Waals surface area contributed by atoms with E-state index < -0.39 is 5.97 Å². The Hall–Kier alpha value is -0.870. The molecule has 0 bridgehead atoms. The second kappa shape index (κ2) is 8.72. The summed E-state index contributed by atoms with van der Waals surface area (Å²) >= 11 is 0. The first-order valence-electron chi connectivity index (χ1n) is 4.81. The van der Waals surface area contributed by atoms with Gasteiger partial charge in [-0.3, -0.25) is 4.89 Å². The fourth-order valence-corrected chi connectivity index (χ4v) is 0.795. The number of hydrogen-bond donors (Lipinski definition) is 0. The van der Waals surface area contributed by atoms with Crippen LogP contribution >= 0.6 is 0 Å². The Morgan fingerprint density at radius 1 is 1.29 bits per heavy atom. The summed E-state index contributed by atoms with van der Waals surface area (Å²) in [6.45, 7) is 8.72. The number of carbonyl (C=O) groups is 1. The summed E-state index contributed by atoms with van der Waals surface area (Å²) in [4.78, 5) is 20.2. The minimum atomic E-state index is -0.497. The molecule has 4 nitrogen and oxygen atoms in total. The molecule has 0 aliphatic heterocycles. The molecule has 0 amide bonds. The molecule has 0 saturated carbocycles. The summed E-state index contributed by atoms with van der Waals surface area (Å²) in [5, 5.41) is 0. The molecule has 0 N–H and O–H groups in total. The molecule has 0 unspecified atom stereocenters. The minimum absolute atomic E-state index is 0.249. The molecule has 0 saturated heterocycles. The van der Waals surface area contributed by atoms with Gasteiger partial charge in [0.1, 0.15) is 6.61 Å². The maximum Gasteiger partial charge on any atom is 0.368 e. The smallest absolute Gasteiger partial charge is 0.368 e. The Labute approximate surface area is 84.8 Å². The van der Waals surface area contributed by atoms with E-state index >= 15 is 0 Å². The van der Waals surface area contributed by atoms with E-state index in [9.17, 15) is 4.79 Å². The number of carbonyl (C=O) groups excluding carboxylic acids is 1. The van der Waals surface area contributed by atoms with Crippen molar-refractivity contribution in [3.63, 3.8) is 0 Å². The fraction of sp³-hybridized carbons (Fsp3) is 0.700. The van der Waals surface area contributed by atoms with Crippen molar-refractivity contribution in [1.29, 1.82) is 0 Å². The molecular weight excluding hydrogens is 184 g/mol. The molecule has 4 heteroatoms. The van der Waals surface area contributed by atoms with Gasteiger partial charge >= 0.3 is 5.97 Å². The lowest BCUT2D eigenvalue weighted by atomic mass is 10.2. The highest BCUT2D eigenvalue weighted by Gasteiger charge is 2.07. The van der Waals surface area contributed by atoms with Crippen LogP contribution in [0.2, 0.25) is 0 Å². The maximum absolute atomic E-state index is 11.1. The topological polar surface area (TPSA) is 44.8 Å². The van der Waals surface area contributed by atoms with E-state index in [-0.39, 0.29) is 6.61 Å². The zero-order chi connectivity index (χ0) is 10.8. The van der Waals surface area contributed by atoms with E-state index in [2.05, 4.69) is 16.4 Å². The van der Waals surface area contributed by atoms with Gasteiger partial charge in [0.2, 0.25) is 0 Å². The molecule has 82 valence electrons. The van der Waals surface area contributed by atoms with Crippen LogP contribution in [0.15, 0.2) is 12.2 Å². The van der Waals surface area contributed by atoms with Gasteiger partial charge in [-0.15, -0.1) is 0 Å². The predicted octanol–water partition coefficient (Wildman–Crippen LogP) is 1.85. The molecule has 0 spiro atoms. The zero-order valence-electron chi connectivity index (χ0n) is 8.88. The first-order chi connectivity index (χ1) is 6.72. The van der Waals surface area contributed by atoms with Crippen LogP contribution in [0.25, 0.3) is 0 Å². The average molecular weight is 202 g/mol. The minimum Gasteiger partial charge on any atom is -0.379 e. The summed E-state index contributed by atoms with van der Waals surface area (Å²) in [5.41, 5.74) is 0.434. The van der Waals surface area contributed by atoms with Crippen LogP contribution in [0.1, 0.15) is 26.7 Å². The van der Waals surface area contributed by atoms with Gasteiger partial charge < -0.3 is 4.74 Å². The second-order valence-corrected chi connectivity index (χ2v) is 2.74. The van der Waals surface area contributed by atoms with Gasteiger partial charge in [-0.2, -0.15) is 4.89 Å². The number of ether oxygens (including phenoxy) is 1. The van der Waals surface area contributed by atoms with Crippen LogP contribution in [0.4, 0.5) is 0 Å². The SMILES string of the molecule is C=C(CCC)C(=O)OOCCOCC. The fourth-order valence-electron chi connectivity index (χ4n) is 0.795. The highest BCUT2D eigenvalue weighted by molar-refractivity contribution is 5.87. The van der Waals surface area contributed by atoms with Gasteiger partial charge in [0.25, 0.3) is 0 Å². The van der Waals surface area contributed by atoms with Crippen molar-refractivity contribution in [2.45, 2.75) is 26.7 Å². The monoisotopic (exact) mass is 202 g/mol. The lowest BCUT2D eigenvalue weighted by Gasteiger charge is -2.04. The molecule has 0 aromatic heterocycles. The predicted molar refractivity (Wildman–Crippen MR) is 52.6 cm³/mol. The van der Waals surface area contributed by atoms with E-state index in [1.54, 1.807) is 0 Å². The van der Waals surface area contributed by atoms with Crippen LogP contribution in [-0.4, -0.2) is 25.8 Å². The third-order valence-corrected chi connectivity index (χ3v) is 1.49. The third kappa shape index (κ3) is 6.62. The van der Waals surface area contributed by atoms with Crippen molar-refractivity contribution >= 4 is 5.97 Å². The van der Waals surface area contributed by atoms with Crippen LogP contribution in [-0.2, 0) is 19.3 Å². The van der Waals surface area contributed by atoms with Crippen molar-refractivity contribution in [3.05, 3.63) is 12.2 Å². The molecule has 0 aliphatic rings. The maximum atomic E-state index is 11.1. The molecule has 0 fully saturated rings. The first-order valence-corrected chi connectivity index (χ1v) is 4.81. The van der Waals surface area contributed by atoms with Crippen molar-refractivity contribution in [2.24, 2.45) is 0 Å². The van der Waals surface area contributed by atoms with E-state index in [0.29, 0.717) is 25.2 Å². The lowest BCUT2D eigenvalue weighted by molar-refractivity contribution is -0.272. The highest BCUT2D eigenvalue weighted by Crippen LogP contribution is 2.03. The Bertz CT molecular complexity index is 177. The Morgan fingerprint density at radius 2 is 2.00 bits per heavy atom. The van der Waals surface area contributed by atoms with Gasteiger partial charge in [-0.05, 0) is 13.3 Å². The quantitative estimate of drug-likeness (QED) is 0.261. The zero-order valence-corrected chi connectivity index (χ0v) is 8.88. The van der Waals surface area contributed by atoms with Gasteiger partial charge in [0.15, 0.2) is 0 Å². The van der Waals surface area contributed by atoms with Gasteiger partial charge in [0.05, 0.1) is 6.61 Å². The third-order valence-electron chi connectivity index (χ3n) is 1.49. The average Bonchev–Trinajstić information content (AvgIpc) is 2.17. The molecule has 0 aromatic rings. The number of hydrogen-bond acceptors (Lipinski definition) is 4. The molecule has 14 heavy (non-hydrogen) atoms. The standard InChI is InChI=1S/C10H18O4/c1-4-6-9(3)10(11)14-13-8-7-12-5-2/h3-8H2,1-2H3. The van der Waals surface area contributed by atoms with E-state index in [0.717, 1.165) is 6.42 Å². The number of rotatable bonds is 8. The van der Waals surface area contributed by atoms with Crippen molar-refractivity contribution in [3.8, 4) is 0 Å². The van der Waals surface area contributed by atoms with Crippen LogP contribution < -0.4 is 0 Å². The second-order valence-electron chi connectivity index (χ2n) is 2.74. The van der Waals surface area contributed by atoms with E-state index in [1.165, 1.54) is 0 Å². The van der Waals surface area contributed by atoms with Crippen LogP contribution in [0.5, 0.6) is 0 Å². The molecule has 0 atom stereocenters. The van der Waals surface area contributed by atoms with Crippen molar-refractivity contribution in [1.82, 2.24) is 0 Å². The van der Waals surface area contributed by atoms with Gasteiger partial charge in [0, 0.05) is 12.2 Å². The summed E-state index contributed by atoms with van der Waals surface area (Å²) < 4.78 is 4.98. The Kier molecular flexibility index (Phi) is 8.17. The normalized spacial score (nSPS) is 9.86. The summed E-state index contributed by atoms with van der Waals surface area (Å²) in [6.07, 6.45) is 1.50. The summed E-state index contributed by atoms with van der Waals surface area (Å²) in [6, 6.07) is 0. The molecular formula is C10H18O4. The molecule has 0 heterocycles.